The monoisotopic (exact) mass is 550 g/mol. The van der Waals surface area contributed by atoms with Crippen LogP contribution in [-0.2, 0) is 14.8 Å². The minimum atomic E-state index is -3.77. The first kappa shape index (κ1) is 28.1. The summed E-state index contributed by atoms with van der Waals surface area (Å²) in [6.07, 6.45) is 0.590. The summed E-state index contributed by atoms with van der Waals surface area (Å²) < 4.78 is 32.4. The quantitative estimate of drug-likeness (QED) is 0.413. The van der Waals surface area contributed by atoms with Gasteiger partial charge in [-0.1, -0.05) is 25.1 Å². The maximum Gasteiger partial charge on any atom is 0.253 e. The topological polar surface area (TPSA) is 99.3 Å². The number of amides is 2. The molecular weight excluding hydrogens is 516 g/mol. The van der Waals surface area contributed by atoms with Crippen molar-refractivity contribution in [1.29, 1.82) is 0 Å². The second-order valence-electron chi connectivity index (χ2n) is 9.25. The zero-order chi connectivity index (χ0) is 27.8. The highest BCUT2D eigenvalue weighted by Gasteiger charge is 2.26. The fraction of sp³-hybridized carbons (Fsp3) is 0.310. The first-order valence-corrected chi connectivity index (χ1v) is 14.4. The van der Waals surface area contributed by atoms with Crippen molar-refractivity contribution >= 4 is 33.2 Å². The van der Waals surface area contributed by atoms with Gasteiger partial charge in [0.15, 0.2) is 0 Å². The van der Waals surface area contributed by atoms with Gasteiger partial charge in [0.05, 0.1) is 18.6 Å². The summed E-state index contributed by atoms with van der Waals surface area (Å²) in [4.78, 5) is 29.8. The second-order valence-corrected chi connectivity index (χ2v) is 11.2. The summed E-state index contributed by atoms with van der Waals surface area (Å²) in [5, 5.41) is 2.81. The number of rotatable bonds is 10. The molecular formula is C29H34N4O5S. The molecule has 1 N–H and O–H groups in total. The third kappa shape index (κ3) is 6.96. The Morgan fingerprint density at radius 3 is 2.13 bits per heavy atom. The van der Waals surface area contributed by atoms with Gasteiger partial charge < -0.3 is 19.9 Å². The first-order chi connectivity index (χ1) is 18.8. The number of nitrogens with one attached hydrogen (secondary N) is 1. The highest BCUT2D eigenvalue weighted by atomic mass is 32.2. The summed E-state index contributed by atoms with van der Waals surface area (Å²) in [7, 11) is -2.18. The smallest absolute Gasteiger partial charge is 0.253 e. The molecule has 206 valence electrons. The molecule has 39 heavy (non-hydrogen) atoms. The van der Waals surface area contributed by atoms with E-state index < -0.39 is 15.9 Å². The number of anilines is 2. The lowest BCUT2D eigenvalue weighted by molar-refractivity contribution is -0.116. The molecule has 3 aromatic carbocycles. The van der Waals surface area contributed by atoms with Gasteiger partial charge >= 0.3 is 0 Å². The summed E-state index contributed by atoms with van der Waals surface area (Å²) in [6.45, 7) is 4.44. The van der Waals surface area contributed by atoms with Crippen LogP contribution in [0.2, 0.25) is 0 Å². The van der Waals surface area contributed by atoms with Crippen molar-refractivity contribution in [2.45, 2.75) is 18.2 Å². The highest BCUT2D eigenvalue weighted by Crippen LogP contribution is 2.21. The molecule has 0 aliphatic carbocycles. The Labute approximate surface area is 230 Å². The van der Waals surface area contributed by atoms with Crippen molar-refractivity contribution < 1.29 is 22.7 Å². The SMILES string of the molecule is CCCN(CC(=O)Nc1ccc(N2CCN(C(=O)c3ccc(OC)cc3)CC2)cc1)S(=O)(=O)c1ccccc1. The summed E-state index contributed by atoms with van der Waals surface area (Å²) in [6, 6.07) is 22.7. The first-order valence-electron chi connectivity index (χ1n) is 12.9. The van der Waals surface area contributed by atoms with Crippen LogP contribution in [0.4, 0.5) is 11.4 Å². The molecule has 0 radical (unpaired) electrons. The van der Waals surface area contributed by atoms with Crippen LogP contribution in [0.5, 0.6) is 5.75 Å². The molecule has 0 bridgehead atoms. The molecule has 1 saturated heterocycles. The molecule has 4 rings (SSSR count). The number of methoxy groups -OCH3 is 1. The fourth-order valence-corrected chi connectivity index (χ4v) is 5.98. The summed E-state index contributed by atoms with van der Waals surface area (Å²) in [5.74, 6) is 0.314. The molecule has 0 saturated carbocycles. The van der Waals surface area contributed by atoms with E-state index in [-0.39, 0.29) is 23.9 Å². The number of nitrogens with zero attached hydrogens (tertiary/aromatic N) is 3. The molecule has 0 unspecified atom stereocenters. The van der Waals surface area contributed by atoms with Crippen LogP contribution >= 0.6 is 0 Å². The number of piperazine rings is 1. The lowest BCUT2D eigenvalue weighted by Crippen LogP contribution is -2.48. The van der Waals surface area contributed by atoms with Crippen LogP contribution in [0, 0.1) is 0 Å². The van der Waals surface area contributed by atoms with Crippen LogP contribution in [0.1, 0.15) is 23.7 Å². The number of carbonyl (C=O) groups is 2. The third-order valence-electron chi connectivity index (χ3n) is 6.59. The Morgan fingerprint density at radius 2 is 1.54 bits per heavy atom. The Kier molecular flexibility index (Phi) is 9.21. The lowest BCUT2D eigenvalue weighted by atomic mass is 10.1. The van der Waals surface area contributed by atoms with Crippen molar-refractivity contribution in [1.82, 2.24) is 9.21 Å². The van der Waals surface area contributed by atoms with Crippen LogP contribution < -0.4 is 15.0 Å². The van der Waals surface area contributed by atoms with E-state index in [2.05, 4.69) is 10.2 Å². The number of hydrogen-bond donors (Lipinski definition) is 1. The van der Waals surface area contributed by atoms with Crippen LogP contribution in [0.25, 0.3) is 0 Å². The van der Waals surface area contributed by atoms with Gasteiger partial charge in [0.1, 0.15) is 5.75 Å². The standard InChI is InChI=1S/C29H34N4O5S/c1-3-17-33(39(36,37)27-7-5-4-6-8-27)22-28(34)30-24-11-13-25(14-12-24)31-18-20-32(21-19-31)29(35)23-9-15-26(38-2)16-10-23/h4-16H,3,17-22H2,1-2H3,(H,30,34). The fourth-order valence-electron chi connectivity index (χ4n) is 4.48. The van der Waals surface area contributed by atoms with E-state index in [4.69, 9.17) is 4.74 Å². The maximum absolute atomic E-state index is 13.0. The van der Waals surface area contributed by atoms with Gasteiger partial charge in [0, 0.05) is 49.7 Å². The van der Waals surface area contributed by atoms with Gasteiger partial charge in [-0.25, -0.2) is 8.42 Å². The minimum absolute atomic E-state index is 0.00163. The van der Waals surface area contributed by atoms with E-state index in [0.29, 0.717) is 49.6 Å². The van der Waals surface area contributed by atoms with Crippen molar-refractivity contribution in [2.75, 3.05) is 56.6 Å². The Bertz CT molecular complexity index is 1360. The molecule has 0 atom stereocenters. The van der Waals surface area contributed by atoms with Crippen molar-refractivity contribution in [3.05, 3.63) is 84.4 Å². The molecule has 0 spiro atoms. The Morgan fingerprint density at radius 1 is 0.897 bits per heavy atom. The Hall–Kier alpha value is -3.89. The van der Waals surface area contributed by atoms with E-state index >= 15 is 0 Å². The van der Waals surface area contributed by atoms with Crippen LogP contribution in [0.3, 0.4) is 0 Å². The van der Waals surface area contributed by atoms with Gasteiger partial charge in [0.2, 0.25) is 15.9 Å². The van der Waals surface area contributed by atoms with E-state index in [1.807, 2.05) is 24.0 Å². The van der Waals surface area contributed by atoms with Gasteiger partial charge in [-0.2, -0.15) is 4.31 Å². The van der Waals surface area contributed by atoms with Crippen LogP contribution in [-0.4, -0.2) is 75.8 Å². The van der Waals surface area contributed by atoms with Gasteiger partial charge in [-0.05, 0) is 67.1 Å². The van der Waals surface area contributed by atoms with Crippen molar-refractivity contribution in [2.24, 2.45) is 0 Å². The molecule has 9 nitrogen and oxygen atoms in total. The largest absolute Gasteiger partial charge is 0.497 e. The average Bonchev–Trinajstić information content (AvgIpc) is 2.97. The highest BCUT2D eigenvalue weighted by molar-refractivity contribution is 7.89. The minimum Gasteiger partial charge on any atom is -0.497 e. The second kappa shape index (κ2) is 12.8. The number of hydrogen-bond acceptors (Lipinski definition) is 6. The van der Waals surface area contributed by atoms with Crippen molar-refractivity contribution in [3.8, 4) is 5.75 Å². The number of carbonyl (C=O) groups excluding carboxylic acids is 2. The summed E-state index contributed by atoms with van der Waals surface area (Å²) >= 11 is 0. The predicted molar refractivity (Wildman–Crippen MR) is 152 cm³/mol. The van der Waals surface area contributed by atoms with Gasteiger partial charge in [-0.3, -0.25) is 9.59 Å². The molecule has 1 fully saturated rings. The molecule has 1 aliphatic heterocycles. The van der Waals surface area contributed by atoms with E-state index in [9.17, 15) is 18.0 Å². The third-order valence-corrected chi connectivity index (χ3v) is 8.45. The molecule has 1 heterocycles. The molecule has 0 aromatic heterocycles. The molecule has 3 aromatic rings. The number of ether oxygens (including phenoxy) is 1. The maximum atomic E-state index is 13.0. The number of sulfonamides is 1. The lowest BCUT2D eigenvalue weighted by Gasteiger charge is -2.36. The van der Waals surface area contributed by atoms with E-state index in [1.54, 1.807) is 61.7 Å². The average molecular weight is 551 g/mol. The Balaban J connectivity index is 1.31. The summed E-state index contributed by atoms with van der Waals surface area (Å²) in [5.41, 5.74) is 2.22. The van der Waals surface area contributed by atoms with E-state index in [0.717, 1.165) is 5.69 Å². The van der Waals surface area contributed by atoms with Crippen molar-refractivity contribution in [3.63, 3.8) is 0 Å². The normalized spacial score (nSPS) is 13.8. The molecule has 1 aliphatic rings. The van der Waals surface area contributed by atoms with Gasteiger partial charge in [0.25, 0.3) is 5.91 Å². The molecule has 10 heteroatoms. The van der Waals surface area contributed by atoms with E-state index in [1.165, 1.54) is 16.4 Å². The zero-order valence-electron chi connectivity index (χ0n) is 22.2. The molecule has 2 amide bonds. The predicted octanol–water partition coefficient (Wildman–Crippen LogP) is 3.70. The zero-order valence-corrected chi connectivity index (χ0v) is 23.1. The van der Waals surface area contributed by atoms with Gasteiger partial charge in [-0.15, -0.1) is 0 Å². The number of benzene rings is 3. The van der Waals surface area contributed by atoms with Crippen LogP contribution in [0.15, 0.2) is 83.8 Å².